The van der Waals surface area contributed by atoms with Crippen molar-refractivity contribution in [1.82, 2.24) is 9.80 Å². The first-order chi connectivity index (χ1) is 10.2. The molecule has 0 saturated carbocycles. The Hall–Kier alpha value is -0.910. The van der Waals surface area contributed by atoms with Crippen LogP contribution in [0.15, 0.2) is 12.7 Å². The minimum absolute atomic E-state index is 0.0865. The van der Waals surface area contributed by atoms with Crippen molar-refractivity contribution >= 4 is 5.91 Å². The third kappa shape index (κ3) is 5.09. The summed E-state index contributed by atoms with van der Waals surface area (Å²) in [5.41, 5.74) is 0. The lowest BCUT2D eigenvalue weighted by Gasteiger charge is -2.36. The SMILES string of the molecule is C=CCCC(O)CN1CCCC(C(=O)N2CCOCC2)C1. The van der Waals surface area contributed by atoms with Crippen LogP contribution in [0.3, 0.4) is 0 Å². The maximum absolute atomic E-state index is 12.5. The number of amides is 1. The van der Waals surface area contributed by atoms with Crippen LogP contribution in [0.25, 0.3) is 0 Å². The monoisotopic (exact) mass is 296 g/mol. The number of aliphatic hydroxyl groups excluding tert-OH is 1. The zero-order valence-electron chi connectivity index (χ0n) is 12.9. The second-order valence-corrected chi connectivity index (χ2v) is 6.06. The second-order valence-electron chi connectivity index (χ2n) is 6.06. The molecule has 1 amide bonds. The largest absolute Gasteiger partial charge is 0.392 e. The number of hydrogen-bond acceptors (Lipinski definition) is 4. The van der Waals surface area contributed by atoms with E-state index in [1.54, 1.807) is 0 Å². The van der Waals surface area contributed by atoms with Crippen molar-refractivity contribution in [3.05, 3.63) is 12.7 Å². The van der Waals surface area contributed by atoms with Crippen molar-refractivity contribution in [2.45, 2.75) is 31.8 Å². The molecule has 0 aromatic carbocycles. The minimum atomic E-state index is -0.319. The zero-order chi connectivity index (χ0) is 15.1. The molecule has 0 radical (unpaired) electrons. The van der Waals surface area contributed by atoms with Gasteiger partial charge in [-0.1, -0.05) is 6.08 Å². The van der Waals surface area contributed by atoms with Crippen LogP contribution in [0.5, 0.6) is 0 Å². The van der Waals surface area contributed by atoms with Crippen molar-refractivity contribution in [2.75, 3.05) is 45.9 Å². The molecule has 120 valence electrons. The maximum Gasteiger partial charge on any atom is 0.227 e. The van der Waals surface area contributed by atoms with Gasteiger partial charge in [-0.15, -0.1) is 6.58 Å². The molecule has 1 N–H and O–H groups in total. The Morgan fingerprint density at radius 3 is 2.86 bits per heavy atom. The summed E-state index contributed by atoms with van der Waals surface area (Å²) >= 11 is 0. The summed E-state index contributed by atoms with van der Waals surface area (Å²) in [5, 5.41) is 10.0. The molecule has 21 heavy (non-hydrogen) atoms. The number of piperidine rings is 1. The number of rotatable bonds is 6. The highest BCUT2D eigenvalue weighted by atomic mass is 16.5. The van der Waals surface area contributed by atoms with Gasteiger partial charge in [0.15, 0.2) is 0 Å². The van der Waals surface area contributed by atoms with Crippen LogP contribution in [0.4, 0.5) is 0 Å². The predicted octanol–water partition coefficient (Wildman–Crippen LogP) is 0.884. The van der Waals surface area contributed by atoms with Crippen molar-refractivity contribution in [2.24, 2.45) is 5.92 Å². The molecule has 2 aliphatic rings. The van der Waals surface area contributed by atoms with Gasteiger partial charge in [0.05, 0.1) is 25.2 Å². The van der Waals surface area contributed by atoms with E-state index in [9.17, 15) is 9.90 Å². The Labute approximate surface area is 127 Å². The fraction of sp³-hybridized carbons (Fsp3) is 0.812. The molecule has 2 fully saturated rings. The summed E-state index contributed by atoms with van der Waals surface area (Å²) in [6.45, 7) is 8.86. The number of nitrogens with zero attached hydrogens (tertiary/aromatic N) is 2. The molecular weight excluding hydrogens is 268 g/mol. The van der Waals surface area contributed by atoms with Crippen LogP contribution in [0.2, 0.25) is 0 Å². The first kappa shape index (κ1) is 16.5. The van der Waals surface area contributed by atoms with Gasteiger partial charge in [0.2, 0.25) is 5.91 Å². The topological polar surface area (TPSA) is 53.0 Å². The van der Waals surface area contributed by atoms with E-state index in [4.69, 9.17) is 4.74 Å². The molecular formula is C16H28N2O3. The van der Waals surface area contributed by atoms with Crippen molar-refractivity contribution < 1.29 is 14.6 Å². The molecule has 0 aromatic heterocycles. The number of aliphatic hydroxyl groups is 1. The molecule has 2 unspecified atom stereocenters. The number of ether oxygens (including phenoxy) is 1. The average molecular weight is 296 g/mol. The molecule has 2 aliphatic heterocycles. The molecule has 0 spiro atoms. The maximum atomic E-state index is 12.5. The van der Waals surface area contributed by atoms with Crippen LogP contribution in [-0.2, 0) is 9.53 Å². The van der Waals surface area contributed by atoms with Gasteiger partial charge in [0.1, 0.15) is 0 Å². The summed E-state index contributed by atoms with van der Waals surface area (Å²) in [4.78, 5) is 16.7. The smallest absolute Gasteiger partial charge is 0.227 e. The molecule has 0 bridgehead atoms. The van der Waals surface area contributed by atoms with Crippen LogP contribution in [0, 0.1) is 5.92 Å². The van der Waals surface area contributed by atoms with Crippen LogP contribution in [0.1, 0.15) is 25.7 Å². The molecule has 2 saturated heterocycles. The lowest BCUT2D eigenvalue weighted by Crippen LogP contribution is -2.49. The Bertz CT molecular complexity index is 342. The van der Waals surface area contributed by atoms with E-state index in [1.807, 2.05) is 11.0 Å². The molecule has 0 aromatic rings. The third-order valence-electron chi connectivity index (χ3n) is 4.35. The highest BCUT2D eigenvalue weighted by molar-refractivity contribution is 5.79. The first-order valence-corrected chi connectivity index (χ1v) is 8.08. The van der Waals surface area contributed by atoms with Crippen molar-refractivity contribution in [3.8, 4) is 0 Å². The van der Waals surface area contributed by atoms with Gasteiger partial charge < -0.3 is 14.7 Å². The van der Waals surface area contributed by atoms with Gasteiger partial charge in [-0.3, -0.25) is 9.69 Å². The standard InChI is InChI=1S/C16H28N2O3/c1-2-3-6-15(19)13-17-7-4-5-14(12-17)16(20)18-8-10-21-11-9-18/h2,14-15,19H,1,3-13H2. The van der Waals surface area contributed by atoms with Crippen molar-refractivity contribution in [1.29, 1.82) is 0 Å². The summed E-state index contributed by atoms with van der Waals surface area (Å²) in [7, 11) is 0. The van der Waals surface area contributed by atoms with E-state index in [2.05, 4.69) is 11.5 Å². The van der Waals surface area contributed by atoms with E-state index in [1.165, 1.54) is 0 Å². The lowest BCUT2D eigenvalue weighted by atomic mass is 9.96. The minimum Gasteiger partial charge on any atom is -0.392 e. The van der Waals surface area contributed by atoms with Gasteiger partial charge in [0, 0.05) is 26.2 Å². The number of likely N-dealkylation sites (tertiary alicyclic amines) is 1. The summed E-state index contributed by atoms with van der Waals surface area (Å²) in [5.74, 6) is 0.354. The average Bonchev–Trinajstić information content (AvgIpc) is 2.53. The zero-order valence-corrected chi connectivity index (χ0v) is 12.9. The highest BCUT2D eigenvalue weighted by Gasteiger charge is 2.30. The molecule has 2 atom stereocenters. The summed E-state index contributed by atoms with van der Waals surface area (Å²) in [6, 6.07) is 0. The third-order valence-corrected chi connectivity index (χ3v) is 4.35. The number of carbonyl (C=O) groups is 1. The Morgan fingerprint density at radius 1 is 1.38 bits per heavy atom. The molecule has 2 rings (SSSR count). The van der Waals surface area contributed by atoms with Crippen LogP contribution in [-0.4, -0.2) is 72.9 Å². The van der Waals surface area contributed by atoms with Crippen molar-refractivity contribution in [3.63, 3.8) is 0 Å². The van der Waals surface area contributed by atoms with E-state index in [-0.39, 0.29) is 17.9 Å². The number of morpholine rings is 1. The number of hydrogen-bond donors (Lipinski definition) is 1. The Morgan fingerprint density at radius 2 is 2.14 bits per heavy atom. The van der Waals surface area contributed by atoms with Crippen LogP contribution < -0.4 is 0 Å². The number of carbonyl (C=O) groups excluding carboxylic acids is 1. The van der Waals surface area contributed by atoms with E-state index in [0.29, 0.717) is 19.8 Å². The fourth-order valence-electron chi connectivity index (χ4n) is 3.16. The van der Waals surface area contributed by atoms with Gasteiger partial charge in [-0.05, 0) is 32.2 Å². The van der Waals surface area contributed by atoms with Gasteiger partial charge >= 0.3 is 0 Å². The second kappa shape index (κ2) is 8.51. The highest BCUT2D eigenvalue weighted by Crippen LogP contribution is 2.20. The van der Waals surface area contributed by atoms with E-state index < -0.39 is 0 Å². The number of β-amino-alcohol motifs (C(OH)–C–C–N with tert-alkyl or cyclic N) is 1. The predicted molar refractivity (Wildman–Crippen MR) is 82.0 cm³/mol. The van der Waals surface area contributed by atoms with Gasteiger partial charge in [-0.2, -0.15) is 0 Å². The molecule has 5 heteroatoms. The summed E-state index contributed by atoms with van der Waals surface area (Å²) in [6.07, 6.45) is 5.11. The quantitative estimate of drug-likeness (QED) is 0.740. The van der Waals surface area contributed by atoms with E-state index >= 15 is 0 Å². The lowest BCUT2D eigenvalue weighted by molar-refractivity contribution is -0.141. The molecule has 2 heterocycles. The van der Waals surface area contributed by atoms with Crippen LogP contribution >= 0.6 is 0 Å². The Kier molecular flexibility index (Phi) is 6.67. The Balaban J connectivity index is 1.79. The first-order valence-electron chi connectivity index (χ1n) is 8.08. The normalized spacial score (nSPS) is 25.6. The fourth-order valence-corrected chi connectivity index (χ4v) is 3.16. The number of allylic oxidation sites excluding steroid dienone is 1. The van der Waals surface area contributed by atoms with Gasteiger partial charge in [-0.25, -0.2) is 0 Å². The van der Waals surface area contributed by atoms with E-state index in [0.717, 1.165) is 51.9 Å². The molecule has 5 nitrogen and oxygen atoms in total. The molecule has 0 aliphatic carbocycles. The summed E-state index contributed by atoms with van der Waals surface area (Å²) < 4.78 is 5.30. The van der Waals surface area contributed by atoms with Gasteiger partial charge in [0.25, 0.3) is 0 Å².